The van der Waals surface area contributed by atoms with Crippen LogP contribution in [0.15, 0.2) is 66.3 Å². The van der Waals surface area contributed by atoms with Crippen molar-refractivity contribution in [3.05, 3.63) is 77.4 Å². The molecule has 1 aromatic rings. The van der Waals surface area contributed by atoms with Crippen LogP contribution in [-0.4, -0.2) is 13.1 Å². The lowest BCUT2D eigenvalue weighted by molar-refractivity contribution is 0.191. The predicted octanol–water partition coefficient (Wildman–Crippen LogP) is 7.80. The lowest BCUT2D eigenvalue weighted by atomic mass is 9.70. The monoisotopic (exact) mass is 391 g/mol. The van der Waals surface area contributed by atoms with Gasteiger partial charge in [0.2, 0.25) is 0 Å². The highest BCUT2D eigenvalue weighted by molar-refractivity contribution is 5.63. The quantitative estimate of drug-likeness (QED) is 0.401. The summed E-state index contributed by atoms with van der Waals surface area (Å²) in [6.07, 6.45) is 8.04. The van der Waals surface area contributed by atoms with Gasteiger partial charge in [0, 0.05) is 0 Å². The highest BCUT2D eigenvalue weighted by Crippen LogP contribution is 2.42. The summed E-state index contributed by atoms with van der Waals surface area (Å²) >= 11 is 0. The standard InChI is InChI=1S/C28H41N/c1-8-28(16-18-29-19-17-28)20-27(25(7)21(2)3)24(6)11-9-10-23(5)26-14-12-22(4)13-15-26/h12-15,29H,2,5-6,8-11,16-20H2,1,3-4,7H3/b27-25+. The molecule has 0 saturated carbocycles. The van der Waals surface area contributed by atoms with E-state index in [9.17, 15) is 0 Å². The zero-order chi connectivity index (χ0) is 21.4. The van der Waals surface area contributed by atoms with Crippen molar-refractivity contribution >= 4 is 5.57 Å². The molecule has 1 saturated heterocycles. The van der Waals surface area contributed by atoms with Crippen LogP contribution in [-0.2, 0) is 0 Å². The van der Waals surface area contributed by atoms with Gasteiger partial charge < -0.3 is 5.32 Å². The number of piperidine rings is 1. The number of hydrogen-bond donors (Lipinski definition) is 1. The van der Waals surface area contributed by atoms with E-state index >= 15 is 0 Å². The molecule has 1 heteroatoms. The zero-order valence-electron chi connectivity index (χ0n) is 19.3. The van der Waals surface area contributed by atoms with Gasteiger partial charge in [-0.3, -0.25) is 0 Å². The molecule has 0 atom stereocenters. The molecule has 1 aliphatic rings. The SMILES string of the molecule is C=C(C)/C(C)=C(\CC1(CC)CCNCC1)C(=C)CCCC(=C)c1ccc(C)cc1. The summed E-state index contributed by atoms with van der Waals surface area (Å²) in [7, 11) is 0. The summed E-state index contributed by atoms with van der Waals surface area (Å²) in [6.45, 7) is 24.2. The molecule has 1 aromatic carbocycles. The Morgan fingerprint density at radius 2 is 1.62 bits per heavy atom. The highest BCUT2D eigenvalue weighted by atomic mass is 14.9. The average Bonchev–Trinajstić information content (AvgIpc) is 2.72. The van der Waals surface area contributed by atoms with E-state index in [2.05, 4.69) is 77.0 Å². The van der Waals surface area contributed by atoms with Crippen LogP contribution in [0.3, 0.4) is 0 Å². The predicted molar refractivity (Wildman–Crippen MR) is 130 cm³/mol. The highest BCUT2D eigenvalue weighted by Gasteiger charge is 2.32. The van der Waals surface area contributed by atoms with Crippen LogP contribution in [0.2, 0.25) is 0 Å². The Morgan fingerprint density at radius 3 is 2.17 bits per heavy atom. The van der Waals surface area contributed by atoms with Gasteiger partial charge in [-0.15, -0.1) is 0 Å². The largest absolute Gasteiger partial charge is 0.317 e. The van der Waals surface area contributed by atoms with E-state index in [1.807, 2.05) is 0 Å². The van der Waals surface area contributed by atoms with Crippen molar-refractivity contribution in [3.8, 4) is 0 Å². The number of nitrogens with one attached hydrogen (secondary N) is 1. The molecule has 29 heavy (non-hydrogen) atoms. The van der Waals surface area contributed by atoms with Crippen LogP contribution in [0.4, 0.5) is 0 Å². The third-order valence-corrected chi connectivity index (χ3v) is 6.90. The fourth-order valence-electron chi connectivity index (χ4n) is 4.37. The van der Waals surface area contributed by atoms with Gasteiger partial charge in [0.15, 0.2) is 0 Å². The Balaban J connectivity index is 2.04. The maximum atomic E-state index is 4.53. The van der Waals surface area contributed by atoms with E-state index < -0.39 is 0 Å². The molecule has 0 amide bonds. The van der Waals surface area contributed by atoms with Crippen LogP contribution in [0.25, 0.3) is 5.57 Å². The van der Waals surface area contributed by atoms with Crippen molar-refractivity contribution in [1.82, 2.24) is 5.32 Å². The van der Waals surface area contributed by atoms with Crippen molar-refractivity contribution in [2.45, 2.75) is 72.6 Å². The lowest BCUT2D eigenvalue weighted by Crippen LogP contribution is -2.36. The Bertz CT molecular complexity index is 754. The topological polar surface area (TPSA) is 12.0 Å². The van der Waals surface area contributed by atoms with Gasteiger partial charge in [-0.1, -0.05) is 74.1 Å². The summed E-state index contributed by atoms with van der Waals surface area (Å²) in [5, 5.41) is 3.53. The molecule has 1 fully saturated rings. The van der Waals surface area contributed by atoms with Gasteiger partial charge in [-0.2, -0.15) is 0 Å². The molecule has 158 valence electrons. The van der Waals surface area contributed by atoms with E-state index in [4.69, 9.17) is 0 Å². The maximum absolute atomic E-state index is 4.53. The van der Waals surface area contributed by atoms with E-state index in [0.717, 1.165) is 38.8 Å². The first-order valence-electron chi connectivity index (χ1n) is 11.3. The van der Waals surface area contributed by atoms with E-state index in [-0.39, 0.29) is 0 Å². The first-order chi connectivity index (χ1) is 13.8. The van der Waals surface area contributed by atoms with E-state index in [1.165, 1.54) is 58.3 Å². The second-order valence-electron chi connectivity index (χ2n) is 9.09. The van der Waals surface area contributed by atoms with Crippen molar-refractivity contribution in [2.75, 3.05) is 13.1 Å². The number of aryl methyl sites for hydroxylation is 1. The Morgan fingerprint density at radius 1 is 1.00 bits per heavy atom. The first kappa shape index (κ1) is 23.4. The molecule has 2 rings (SSSR count). The Labute approximate surface area is 179 Å². The first-order valence-corrected chi connectivity index (χ1v) is 11.3. The number of hydrogen-bond acceptors (Lipinski definition) is 1. The molecule has 0 spiro atoms. The molecular weight excluding hydrogens is 350 g/mol. The minimum atomic E-state index is 0.408. The van der Waals surface area contributed by atoms with Crippen molar-refractivity contribution in [1.29, 1.82) is 0 Å². The third-order valence-electron chi connectivity index (χ3n) is 6.90. The third kappa shape index (κ3) is 6.57. The summed E-state index contributed by atoms with van der Waals surface area (Å²) in [6, 6.07) is 8.70. The van der Waals surface area contributed by atoms with Gasteiger partial charge in [-0.05, 0) is 100 Å². The lowest BCUT2D eigenvalue weighted by Gasteiger charge is -2.38. The second kappa shape index (κ2) is 10.8. The van der Waals surface area contributed by atoms with Gasteiger partial charge in [0.25, 0.3) is 0 Å². The summed E-state index contributed by atoms with van der Waals surface area (Å²) in [5.41, 5.74) is 9.46. The Kier molecular flexibility index (Phi) is 8.71. The van der Waals surface area contributed by atoms with Gasteiger partial charge in [-0.25, -0.2) is 0 Å². The van der Waals surface area contributed by atoms with Crippen LogP contribution in [0.1, 0.15) is 76.8 Å². The maximum Gasteiger partial charge on any atom is -0.00435 e. The van der Waals surface area contributed by atoms with Crippen molar-refractivity contribution in [2.24, 2.45) is 5.41 Å². The Hall–Kier alpha value is -1.86. The van der Waals surface area contributed by atoms with Crippen LogP contribution in [0, 0.1) is 12.3 Å². The molecule has 1 heterocycles. The average molecular weight is 392 g/mol. The minimum absolute atomic E-state index is 0.408. The van der Waals surface area contributed by atoms with Gasteiger partial charge >= 0.3 is 0 Å². The van der Waals surface area contributed by atoms with Crippen LogP contribution >= 0.6 is 0 Å². The number of rotatable bonds is 10. The second-order valence-corrected chi connectivity index (χ2v) is 9.09. The van der Waals surface area contributed by atoms with E-state index in [1.54, 1.807) is 0 Å². The van der Waals surface area contributed by atoms with Crippen LogP contribution in [0.5, 0.6) is 0 Å². The summed E-state index contributed by atoms with van der Waals surface area (Å²) in [5.74, 6) is 0. The molecular formula is C28H41N. The van der Waals surface area contributed by atoms with Crippen molar-refractivity contribution < 1.29 is 0 Å². The molecule has 0 bridgehead atoms. The molecule has 1 N–H and O–H groups in total. The van der Waals surface area contributed by atoms with Gasteiger partial charge in [0.05, 0.1) is 0 Å². The molecule has 1 nitrogen and oxygen atoms in total. The number of allylic oxidation sites excluding steroid dienone is 5. The minimum Gasteiger partial charge on any atom is -0.317 e. The fourth-order valence-corrected chi connectivity index (χ4v) is 4.37. The van der Waals surface area contributed by atoms with E-state index in [0.29, 0.717) is 5.41 Å². The molecule has 0 unspecified atom stereocenters. The zero-order valence-corrected chi connectivity index (χ0v) is 19.3. The van der Waals surface area contributed by atoms with Crippen molar-refractivity contribution in [3.63, 3.8) is 0 Å². The fraction of sp³-hybridized carbons (Fsp3) is 0.500. The number of benzene rings is 1. The molecule has 0 aromatic heterocycles. The smallest absolute Gasteiger partial charge is 0.00435 e. The van der Waals surface area contributed by atoms with Gasteiger partial charge in [0.1, 0.15) is 0 Å². The molecule has 0 radical (unpaired) electrons. The normalized spacial score (nSPS) is 16.8. The summed E-state index contributed by atoms with van der Waals surface area (Å²) in [4.78, 5) is 0. The molecule has 1 aliphatic heterocycles. The molecule has 0 aliphatic carbocycles. The summed E-state index contributed by atoms with van der Waals surface area (Å²) < 4.78 is 0. The van der Waals surface area contributed by atoms with Crippen LogP contribution < -0.4 is 5.32 Å².